The zero-order valence-corrected chi connectivity index (χ0v) is 60.4. The Bertz CT molecular complexity index is 4510. The number of hydrogen-bond acceptors (Lipinski definition) is 19. The summed E-state index contributed by atoms with van der Waals surface area (Å²) >= 11 is 0. The van der Waals surface area contributed by atoms with Crippen LogP contribution in [-0.4, -0.2) is 172 Å². The quantitative estimate of drug-likeness (QED) is 0.0107. The molecule has 0 saturated heterocycles. The number of allylic oxidation sites excluding steroid dienone is 1. The highest BCUT2D eigenvalue weighted by Crippen LogP contribution is 2.37. The number of aliphatic imine (C=N–C) groups is 2. The first-order valence-electron chi connectivity index (χ1n) is 32.6. The maximum atomic E-state index is 12.8. The molecule has 2 unspecified atom stereocenters. The van der Waals surface area contributed by atoms with Crippen LogP contribution in [0.4, 0.5) is 57.4 Å². The number of rotatable bonds is 22. The van der Waals surface area contributed by atoms with E-state index in [-0.39, 0.29) is 66.4 Å². The van der Waals surface area contributed by atoms with Gasteiger partial charge in [0.25, 0.3) is 0 Å². The average Bonchev–Trinajstić information content (AvgIpc) is 1.51. The molecule has 5 heterocycles. The number of hydrogen-bond donors (Lipinski definition) is 9. The predicted octanol–water partition coefficient (Wildman–Crippen LogP) is 7.10. The van der Waals surface area contributed by atoms with E-state index in [4.69, 9.17) is 34.5 Å². The van der Waals surface area contributed by atoms with E-state index < -0.39 is 5.72 Å². The van der Waals surface area contributed by atoms with Gasteiger partial charge < -0.3 is 50.7 Å². The first-order chi connectivity index (χ1) is 49.7. The van der Waals surface area contributed by atoms with Crippen LogP contribution in [0.1, 0.15) is 122 Å². The van der Waals surface area contributed by atoms with Crippen molar-refractivity contribution in [3.63, 3.8) is 0 Å². The van der Waals surface area contributed by atoms with Gasteiger partial charge >= 0.3 is 0 Å². The van der Waals surface area contributed by atoms with E-state index in [1.165, 1.54) is 63.4 Å². The normalized spacial score (nSPS) is 12.5. The average molecular weight is 1420 g/mol. The van der Waals surface area contributed by atoms with Crippen LogP contribution in [0.25, 0.3) is 9.69 Å². The number of ketones is 3. The first kappa shape index (κ1) is 83.5. The molecule has 10 N–H and O–H groups in total. The van der Waals surface area contributed by atoms with E-state index in [1.807, 2.05) is 86.2 Å². The number of fused-ring (bicyclic) bond motifs is 1. The minimum absolute atomic E-state index is 0.0274. The number of carbonyl (C=O) groups excluding carboxylic acids is 7. The number of H-pyrrole nitrogens is 3. The predicted molar refractivity (Wildman–Crippen MR) is 398 cm³/mol. The lowest BCUT2D eigenvalue weighted by atomic mass is 9.98. The van der Waals surface area contributed by atoms with Crippen molar-refractivity contribution in [3.8, 4) is 12.1 Å². The van der Waals surface area contributed by atoms with Crippen LogP contribution in [-0.2, 0) is 24.9 Å². The summed E-state index contributed by atoms with van der Waals surface area (Å²) in [5.74, 6) is 1.04. The van der Waals surface area contributed by atoms with Crippen molar-refractivity contribution in [1.82, 2.24) is 40.4 Å². The van der Waals surface area contributed by atoms with Crippen molar-refractivity contribution in [2.24, 2.45) is 9.98 Å². The highest BCUT2D eigenvalue weighted by molar-refractivity contribution is 6.06. The number of benzene rings is 4. The molecule has 0 radical (unpaired) electrons. The minimum atomic E-state index is -1.45. The number of aliphatic hydroxyl groups excluding tert-OH is 1. The fourth-order valence-electron chi connectivity index (χ4n) is 10.1. The Labute approximate surface area is 603 Å². The molecule has 4 amide bonds. The molecule has 0 fully saturated rings. The zero-order valence-electron chi connectivity index (χ0n) is 60.4. The van der Waals surface area contributed by atoms with Crippen molar-refractivity contribution >= 4 is 111 Å². The number of aliphatic hydroxyl groups is 2. The molecule has 0 bridgehead atoms. The molecule has 0 saturated carbocycles. The number of amides is 4. The number of quaternary nitrogens is 2. The van der Waals surface area contributed by atoms with E-state index in [0.29, 0.717) is 111 Å². The summed E-state index contributed by atoms with van der Waals surface area (Å²) in [7, 11) is 8.75. The molecular weight excluding hydrogens is 1330 g/mol. The van der Waals surface area contributed by atoms with Gasteiger partial charge in [-0.25, -0.2) is 19.4 Å². The van der Waals surface area contributed by atoms with Gasteiger partial charge in [-0.2, -0.15) is 30.9 Å². The van der Waals surface area contributed by atoms with Crippen LogP contribution in [0.2, 0.25) is 0 Å². The number of nitriles is 2. The molecule has 31 heteroatoms. The SMILES string of the molecule is CCN(C(C)=O)c1cccc(C(=O)/C=C/[NH+](C)C)c1.CCN(C(C)=O)c1cccc(C2(O)CC=Nc3c(C#N)cnn32)c1.CO.N#Cc1cn[nH]c1N.[C-]#[N+]c1cn[nH]c1N=CCC(=O)c1cccc(N(CC)C(C)=O)c1.[C-]#[N+]c1cn[nH]c1NC(CC(=O)c1cccc(N(CC)C(C)=O)c1)[NH+](C)C. The van der Waals surface area contributed by atoms with Gasteiger partial charge in [0.1, 0.15) is 34.9 Å². The second-order valence-electron chi connectivity index (χ2n) is 22.9. The van der Waals surface area contributed by atoms with E-state index in [9.17, 15) is 38.7 Å². The van der Waals surface area contributed by atoms with Crippen LogP contribution in [0, 0.1) is 35.8 Å². The molecule has 0 spiro atoms. The number of nitrogens with one attached hydrogen (secondary N) is 6. The number of nitrogens with zero attached hydrogens (tertiary/aromatic N) is 15. The van der Waals surface area contributed by atoms with E-state index in [0.717, 1.165) is 22.6 Å². The third-order valence-corrected chi connectivity index (χ3v) is 15.3. The molecule has 1 aliphatic rings. The molecule has 9 rings (SSSR count). The summed E-state index contributed by atoms with van der Waals surface area (Å²) in [5.41, 5.74) is 10.2. The summed E-state index contributed by atoms with van der Waals surface area (Å²) in [6.07, 6.45) is 12.3. The Morgan fingerprint density at radius 1 is 0.673 bits per heavy atom. The number of anilines is 6. The second kappa shape index (κ2) is 41.6. The molecule has 31 nitrogen and oxygen atoms in total. The minimum Gasteiger partial charge on any atom is -0.400 e. The van der Waals surface area contributed by atoms with Crippen molar-refractivity contribution in [1.29, 1.82) is 10.5 Å². The van der Waals surface area contributed by atoms with Gasteiger partial charge in [-0.05, 0) is 76.2 Å². The van der Waals surface area contributed by atoms with Crippen molar-refractivity contribution in [2.75, 3.05) is 92.1 Å². The van der Waals surface area contributed by atoms with Gasteiger partial charge in [0.15, 0.2) is 40.9 Å². The topological polar surface area (TPSA) is 405 Å². The summed E-state index contributed by atoms with van der Waals surface area (Å²) in [4.78, 5) is 107. The lowest BCUT2D eigenvalue weighted by Crippen LogP contribution is -3.11. The number of aromatic nitrogens is 8. The number of nitrogen functional groups attached to an aromatic ring is 1. The van der Waals surface area contributed by atoms with Crippen molar-refractivity contribution in [2.45, 2.75) is 86.5 Å². The highest BCUT2D eigenvalue weighted by Gasteiger charge is 2.37. The van der Waals surface area contributed by atoms with Crippen LogP contribution in [0.5, 0.6) is 0 Å². The van der Waals surface area contributed by atoms with Crippen molar-refractivity contribution < 1.29 is 53.6 Å². The third kappa shape index (κ3) is 23.3. The Balaban J connectivity index is 0.000000282. The first-order valence-corrected chi connectivity index (χ1v) is 32.6. The third-order valence-electron chi connectivity index (χ3n) is 15.3. The number of nitrogens with two attached hydrogens (primary N) is 1. The molecule has 104 heavy (non-hydrogen) atoms. The van der Waals surface area contributed by atoms with E-state index in [2.05, 4.69) is 60.7 Å². The van der Waals surface area contributed by atoms with Gasteiger partial charge in [0, 0.05) is 137 Å². The molecule has 0 aliphatic carbocycles. The molecule has 542 valence electrons. The fourth-order valence-corrected chi connectivity index (χ4v) is 10.1. The monoisotopic (exact) mass is 1420 g/mol. The van der Waals surface area contributed by atoms with Gasteiger partial charge in [0.2, 0.25) is 35.0 Å². The largest absolute Gasteiger partial charge is 0.400 e. The number of aromatic amines is 3. The molecule has 1 aliphatic heterocycles. The Morgan fingerprint density at radius 3 is 1.61 bits per heavy atom. The standard InChI is InChI=1S/C19H24N6O2.2C17H17N5O2.C15H20N2O2.C4H4N4.CH4O/c1-6-25(13(2)26)15-9-7-8-14(10-15)17(27)11-18(24(4)5)22-19-16(20-3)12-21-23-19;1-3-21(12(2)23)15-6-4-5-14(9-15)17(24)7-8-19-16-13(10-18)11-20-22(16)17;1-4-22(12(2)23)14-7-5-6-13(10-14)16(24)8-9-19-17-15(18-3)11-20-21-17;1-5-17(12(2)18)14-8-6-7-13(11-14)15(19)9-10-16(3)4;5-1-3-2-7-8-4(3)6;1-2/h7-10,12,18H,6,11H2,1-2,4-5H3,(H2,21,22,23);4-6,8-9,11,24H,3,7H2,1-2H3;5-7,9-11H,4,8H2,1-2H3,(H,20,21);6-11H,5H2,1-4H3;2H,(H3,6,7,8);2H,1H3/p+2/b;;;10-9+;;. The fraction of sp³-hybridized carbons (Fsp3) is 0.301. The highest BCUT2D eigenvalue weighted by atomic mass is 16.3. The zero-order chi connectivity index (χ0) is 77.2. The van der Waals surface area contributed by atoms with Gasteiger partial charge in [-0.3, -0.25) is 53.9 Å². The summed E-state index contributed by atoms with van der Waals surface area (Å²) in [6, 6.07) is 32.2. The number of Topliss-reactive ketones (excluding diaryl/α,β-unsaturated/α-hetero) is 2. The smallest absolute Gasteiger partial charge is 0.249 e. The van der Waals surface area contributed by atoms with E-state index >= 15 is 0 Å². The molecule has 4 aromatic heterocycles. The molecule has 2 atom stereocenters. The van der Waals surface area contributed by atoms with Crippen LogP contribution in [0.3, 0.4) is 0 Å². The lowest BCUT2D eigenvalue weighted by Gasteiger charge is -2.32. The van der Waals surface area contributed by atoms with Crippen LogP contribution >= 0.6 is 0 Å². The Hall–Kier alpha value is -12.9. The maximum absolute atomic E-state index is 12.8. The van der Waals surface area contributed by atoms with Crippen molar-refractivity contribution in [3.05, 3.63) is 190 Å². The Morgan fingerprint density at radius 2 is 1.14 bits per heavy atom. The second-order valence-corrected chi connectivity index (χ2v) is 22.9. The number of carbonyl (C=O) groups is 7. The van der Waals surface area contributed by atoms with Crippen LogP contribution in [0.15, 0.2) is 144 Å². The maximum Gasteiger partial charge on any atom is 0.249 e. The van der Waals surface area contributed by atoms with Gasteiger partial charge in [-0.15, -0.1) is 0 Å². The van der Waals surface area contributed by atoms with E-state index in [1.54, 1.807) is 117 Å². The van der Waals surface area contributed by atoms with Gasteiger partial charge in [-0.1, -0.05) is 48.5 Å². The Kier molecular flexibility index (Phi) is 33.4. The van der Waals surface area contributed by atoms with Crippen LogP contribution < -0.4 is 40.4 Å². The lowest BCUT2D eigenvalue weighted by molar-refractivity contribution is -0.880. The summed E-state index contributed by atoms with van der Waals surface area (Å²) in [6.45, 7) is 29.9. The molecular formula is C73H88N22O9+2. The summed E-state index contributed by atoms with van der Waals surface area (Å²) < 4.78 is 1.36. The molecule has 8 aromatic rings. The summed E-state index contributed by atoms with van der Waals surface area (Å²) in [5, 5.41) is 61.8. The van der Waals surface area contributed by atoms with Gasteiger partial charge in [0.05, 0.1) is 78.7 Å². The molecule has 4 aromatic carbocycles.